The average Bonchev–Trinajstić information content (AvgIpc) is 2.77. The Morgan fingerprint density at radius 1 is 0.759 bits per heavy atom. The van der Waals surface area contributed by atoms with Crippen LogP contribution >= 0.6 is 0 Å². The Morgan fingerprint density at radius 3 is 2.10 bits per heavy atom. The number of esters is 1. The number of para-hydroxylation sites is 1. The monoisotopic (exact) mass is 391 g/mol. The second-order valence-electron chi connectivity index (χ2n) is 6.06. The molecule has 0 aromatic heterocycles. The predicted octanol–water partition coefficient (Wildman–Crippen LogP) is 4.18. The number of carbonyl (C=O) groups excluding carboxylic acids is 2. The summed E-state index contributed by atoms with van der Waals surface area (Å²) in [7, 11) is 1.32. The maximum absolute atomic E-state index is 12.5. The third kappa shape index (κ3) is 5.84. The van der Waals surface area contributed by atoms with Crippen molar-refractivity contribution in [2.24, 2.45) is 0 Å². The molecule has 148 valence electrons. The van der Waals surface area contributed by atoms with Gasteiger partial charge in [-0.15, -0.1) is 0 Å². The van der Waals surface area contributed by atoms with Gasteiger partial charge in [-0.05, 0) is 54.6 Å². The van der Waals surface area contributed by atoms with Crippen molar-refractivity contribution in [3.8, 4) is 11.5 Å². The SMILES string of the molecule is COC(=O)c1ccc(NC(=O)c2cccc(OCCOc3ccccc3)c2)cc1. The van der Waals surface area contributed by atoms with Gasteiger partial charge in [0.1, 0.15) is 24.7 Å². The topological polar surface area (TPSA) is 73.9 Å². The summed E-state index contributed by atoms with van der Waals surface area (Å²) in [5.41, 5.74) is 1.45. The van der Waals surface area contributed by atoms with E-state index >= 15 is 0 Å². The Morgan fingerprint density at radius 2 is 1.41 bits per heavy atom. The molecule has 29 heavy (non-hydrogen) atoms. The molecule has 0 aliphatic rings. The Bertz CT molecular complexity index is 955. The number of carbonyl (C=O) groups is 2. The van der Waals surface area contributed by atoms with E-state index < -0.39 is 5.97 Å². The van der Waals surface area contributed by atoms with Crippen molar-refractivity contribution in [3.63, 3.8) is 0 Å². The molecular formula is C23H21NO5. The lowest BCUT2D eigenvalue weighted by molar-refractivity contribution is 0.0600. The van der Waals surface area contributed by atoms with Crippen LogP contribution in [0.3, 0.4) is 0 Å². The lowest BCUT2D eigenvalue weighted by Gasteiger charge is -2.10. The first kappa shape index (κ1) is 19.9. The number of rotatable bonds is 8. The Labute approximate surface area is 169 Å². The van der Waals surface area contributed by atoms with E-state index in [0.29, 0.717) is 35.8 Å². The first-order valence-electron chi connectivity index (χ1n) is 9.06. The molecule has 6 heteroatoms. The van der Waals surface area contributed by atoms with Crippen molar-refractivity contribution in [2.45, 2.75) is 0 Å². The molecule has 0 saturated heterocycles. The van der Waals surface area contributed by atoms with E-state index in [0.717, 1.165) is 5.75 Å². The van der Waals surface area contributed by atoms with Crippen LogP contribution < -0.4 is 14.8 Å². The van der Waals surface area contributed by atoms with Gasteiger partial charge in [-0.1, -0.05) is 24.3 Å². The van der Waals surface area contributed by atoms with Crippen molar-refractivity contribution >= 4 is 17.6 Å². The van der Waals surface area contributed by atoms with Crippen LogP contribution in [0.1, 0.15) is 20.7 Å². The summed E-state index contributed by atoms with van der Waals surface area (Å²) in [4.78, 5) is 23.9. The highest BCUT2D eigenvalue weighted by molar-refractivity contribution is 6.04. The van der Waals surface area contributed by atoms with Crippen LogP contribution in [-0.2, 0) is 4.74 Å². The summed E-state index contributed by atoms with van der Waals surface area (Å²) in [6.45, 7) is 0.752. The van der Waals surface area contributed by atoms with Gasteiger partial charge in [-0.2, -0.15) is 0 Å². The molecule has 0 radical (unpaired) electrons. The maximum atomic E-state index is 12.5. The molecule has 0 fully saturated rings. The van der Waals surface area contributed by atoms with Gasteiger partial charge >= 0.3 is 5.97 Å². The fraction of sp³-hybridized carbons (Fsp3) is 0.130. The average molecular weight is 391 g/mol. The number of benzene rings is 3. The minimum atomic E-state index is -0.427. The molecule has 1 N–H and O–H groups in total. The number of hydrogen-bond acceptors (Lipinski definition) is 5. The van der Waals surface area contributed by atoms with Crippen LogP contribution in [0.15, 0.2) is 78.9 Å². The molecule has 3 aromatic carbocycles. The van der Waals surface area contributed by atoms with Gasteiger partial charge in [-0.25, -0.2) is 4.79 Å². The number of nitrogens with one attached hydrogen (secondary N) is 1. The number of ether oxygens (including phenoxy) is 3. The van der Waals surface area contributed by atoms with E-state index in [1.54, 1.807) is 48.5 Å². The largest absolute Gasteiger partial charge is 0.490 e. The normalized spacial score (nSPS) is 10.1. The molecule has 0 spiro atoms. The first-order valence-corrected chi connectivity index (χ1v) is 9.06. The molecule has 3 aromatic rings. The summed E-state index contributed by atoms with van der Waals surface area (Å²) < 4.78 is 15.9. The third-order valence-corrected chi connectivity index (χ3v) is 4.02. The summed E-state index contributed by atoms with van der Waals surface area (Å²) in [6.07, 6.45) is 0. The van der Waals surface area contributed by atoms with Crippen LogP contribution in [0.25, 0.3) is 0 Å². The zero-order chi connectivity index (χ0) is 20.5. The zero-order valence-electron chi connectivity index (χ0n) is 16.0. The van der Waals surface area contributed by atoms with E-state index in [2.05, 4.69) is 10.1 Å². The molecule has 1 amide bonds. The van der Waals surface area contributed by atoms with Crippen LogP contribution in [0, 0.1) is 0 Å². The number of methoxy groups -OCH3 is 1. The van der Waals surface area contributed by atoms with E-state index in [1.165, 1.54) is 7.11 Å². The van der Waals surface area contributed by atoms with E-state index in [1.807, 2.05) is 30.3 Å². The van der Waals surface area contributed by atoms with Gasteiger partial charge in [0.2, 0.25) is 0 Å². The second kappa shape index (κ2) is 9.94. The quantitative estimate of drug-likeness (QED) is 0.461. The van der Waals surface area contributed by atoms with E-state index in [9.17, 15) is 9.59 Å². The number of amides is 1. The van der Waals surface area contributed by atoms with Gasteiger partial charge in [0.15, 0.2) is 0 Å². The highest BCUT2D eigenvalue weighted by Gasteiger charge is 2.09. The van der Waals surface area contributed by atoms with Gasteiger partial charge in [0.05, 0.1) is 12.7 Å². The van der Waals surface area contributed by atoms with Crippen molar-refractivity contribution in [2.75, 3.05) is 25.6 Å². The minimum Gasteiger partial charge on any atom is -0.490 e. The molecule has 0 aliphatic heterocycles. The van der Waals surface area contributed by atoms with Crippen molar-refractivity contribution in [3.05, 3.63) is 90.0 Å². The molecule has 0 aliphatic carbocycles. The highest BCUT2D eigenvalue weighted by atomic mass is 16.5. The summed E-state index contributed by atoms with van der Waals surface area (Å²) in [5.74, 6) is 0.656. The van der Waals surface area contributed by atoms with Gasteiger partial charge < -0.3 is 19.5 Å². The number of hydrogen-bond donors (Lipinski definition) is 1. The smallest absolute Gasteiger partial charge is 0.337 e. The van der Waals surface area contributed by atoms with Crippen LogP contribution in [0.4, 0.5) is 5.69 Å². The van der Waals surface area contributed by atoms with Crippen LogP contribution in [-0.4, -0.2) is 32.2 Å². The van der Waals surface area contributed by atoms with Gasteiger partial charge in [-0.3, -0.25) is 4.79 Å². The molecule has 0 atom stereocenters. The summed E-state index contributed by atoms with van der Waals surface area (Å²) >= 11 is 0. The third-order valence-electron chi connectivity index (χ3n) is 4.02. The van der Waals surface area contributed by atoms with E-state index in [4.69, 9.17) is 9.47 Å². The van der Waals surface area contributed by atoms with Gasteiger partial charge in [0.25, 0.3) is 5.91 Å². The first-order chi connectivity index (χ1) is 14.2. The predicted molar refractivity (Wildman–Crippen MR) is 110 cm³/mol. The Balaban J connectivity index is 1.52. The van der Waals surface area contributed by atoms with Gasteiger partial charge in [0, 0.05) is 11.3 Å². The molecule has 0 heterocycles. The molecule has 6 nitrogen and oxygen atoms in total. The Hall–Kier alpha value is -3.80. The Kier molecular flexibility index (Phi) is 6.84. The lowest BCUT2D eigenvalue weighted by atomic mass is 10.1. The molecule has 0 saturated carbocycles. The number of anilines is 1. The van der Waals surface area contributed by atoms with Crippen molar-refractivity contribution < 1.29 is 23.8 Å². The molecule has 0 bridgehead atoms. The summed E-state index contributed by atoms with van der Waals surface area (Å²) in [5, 5.41) is 2.79. The molecular weight excluding hydrogens is 370 g/mol. The molecule has 3 rings (SSSR count). The minimum absolute atomic E-state index is 0.276. The maximum Gasteiger partial charge on any atom is 0.337 e. The highest BCUT2D eigenvalue weighted by Crippen LogP contribution is 2.16. The molecule has 0 unspecified atom stereocenters. The summed E-state index contributed by atoms with van der Waals surface area (Å²) in [6, 6.07) is 22.9. The fourth-order valence-corrected chi connectivity index (χ4v) is 2.57. The zero-order valence-corrected chi connectivity index (χ0v) is 16.0. The van der Waals surface area contributed by atoms with Crippen molar-refractivity contribution in [1.29, 1.82) is 0 Å². The standard InChI is InChI=1S/C23H21NO5/c1-27-23(26)17-10-12-19(13-11-17)24-22(25)18-6-5-9-21(16-18)29-15-14-28-20-7-3-2-4-8-20/h2-13,16H,14-15H2,1H3,(H,24,25). The van der Waals surface area contributed by atoms with Crippen molar-refractivity contribution in [1.82, 2.24) is 0 Å². The second-order valence-corrected chi connectivity index (χ2v) is 6.06. The van der Waals surface area contributed by atoms with Crippen LogP contribution in [0.2, 0.25) is 0 Å². The van der Waals surface area contributed by atoms with Crippen LogP contribution in [0.5, 0.6) is 11.5 Å². The lowest BCUT2D eigenvalue weighted by Crippen LogP contribution is -2.13. The van der Waals surface area contributed by atoms with E-state index in [-0.39, 0.29) is 5.91 Å². The fourth-order valence-electron chi connectivity index (χ4n) is 2.57.